The molecule has 4 rings (SSSR count). The van der Waals surface area contributed by atoms with Crippen LogP contribution in [0.5, 0.6) is 11.5 Å². The molecule has 0 spiro atoms. The smallest absolute Gasteiger partial charge is 0.237 e. The van der Waals surface area contributed by atoms with Crippen LogP contribution < -0.4 is 14.8 Å². The van der Waals surface area contributed by atoms with Crippen molar-refractivity contribution in [3.63, 3.8) is 0 Å². The zero-order valence-corrected chi connectivity index (χ0v) is 16.8. The Morgan fingerprint density at radius 1 is 1.19 bits per heavy atom. The summed E-state index contributed by atoms with van der Waals surface area (Å²) in [4.78, 5) is 12.5. The number of thioether (sulfide) groups is 1. The molecule has 27 heavy (non-hydrogen) atoms. The number of hydrogen-bond donors (Lipinski definition) is 1. The van der Waals surface area contributed by atoms with E-state index in [1.807, 2.05) is 25.1 Å². The Labute approximate surface area is 168 Å². The summed E-state index contributed by atoms with van der Waals surface area (Å²) in [5.41, 5.74) is 4.67. The molecule has 0 radical (unpaired) electrons. The minimum Gasteiger partial charge on any atom is -0.486 e. The van der Waals surface area contributed by atoms with E-state index in [2.05, 4.69) is 17.4 Å². The van der Waals surface area contributed by atoms with Gasteiger partial charge in [-0.1, -0.05) is 17.7 Å². The number of ether oxygens (including phenoxy) is 2. The standard InChI is InChI=1S/C21H22ClNO3S/c1-13(21(24)23-17-6-5-15-3-2-4-16(15)11-17)27-12-14-9-18(22)20-19(10-14)25-7-8-26-20/h5-6,9-11,13H,2-4,7-8,12H2,1H3,(H,23,24). The van der Waals surface area contributed by atoms with Crippen molar-refractivity contribution in [2.24, 2.45) is 0 Å². The van der Waals surface area contributed by atoms with Gasteiger partial charge in [-0.25, -0.2) is 0 Å². The second-order valence-electron chi connectivity index (χ2n) is 6.88. The summed E-state index contributed by atoms with van der Waals surface area (Å²) in [6.45, 7) is 2.97. The molecule has 0 bridgehead atoms. The molecule has 1 amide bonds. The molecule has 142 valence electrons. The van der Waals surface area contributed by atoms with Gasteiger partial charge in [0, 0.05) is 11.4 Å². The molecule has 2 aromatic carbocycles. The molecule has 1 unspecified atom stereocenters. The summed E-state index contributed by atoms with van der Waals surface area (Å²) in [6, 6.07) is 10.1. The van der Waals surface area contributed by atoms with Crippen LogP contribution in [-0.2, 0) is 23.4 Å². The van der Waals surface area contributed by atoms with Gasteiger partial charge in [0.25, 0.3) is 0 Å². The zero-order chi connectivity index (χ0) is 18.8. The van der Waals surface area contributed by atoms with Gasteiger partial charge in [-0.2, -0.15) is 0 Å². The molecule has 1 N–H and O–H groups in total. The number of benzene rings is 2. The molecule has 2 aromatic rings. The highest BCUT2D eigenvalue weighted by molar-refractivity contribution is 7.99. The van der Waals surface area contributed by atoms with Gasteiger partial charge < -0.3 is 14.8 Å². The predicted octanol–water partition coefficient (Wildman–Crippen LogP) is 4.86. The summed E-state index contributed by atoms with van der Waals surface area (Å²) in [6.07, 6.45) is 3.46. The molecule has 4 nitrogen and oxygen atoms in total. The van der Waals surface area contributed by atoms with Crippen molar-refractivity contribution in [1.82, 2.24) is 0 Å². The molecule has 0 aromatic heterocycles. The maximum Gasteiger partial charge on any atom is 0.237 e. The minimum absolute atomic E-state index is 0.0154. The lowest BCUT2D eigenvalue weighted by Crippen LogP contribution is -2.22. The maximum atomic E-state index is 12.5. The molecular formula is C21H22ClNO3S. The van der Waals surface area contributed by atoms with E-state index in [9.17, 15) is 4.79 Å². The van der Waals surface area contributed by atoms with E-state index in [0.717, 1.165) is 24.1 Å². The van der Waals surface area contributed by atoms with Crippen LogP contribution >= 0.6 is 23.4 Å². The van der Waals surface area contributed by atoms with Crippen molar-refractivity contribution in [1.29, 1.82) is 0 Å². The van der Waals surface area contributed by atoms with Crippen LogP contribution in [0.4, 0.5) is 5.69 Å². The first kappa shape index (κ1) is 18.5. The zero-order valence-electron chi connectivity index (χ0n) is 15.2. The van der Waals surface area contributed by atoms with E-state index in [0.29, 0.717) is 35.5 Å². The highest BCUT2D eigenvalue weighted by Crippen LogP contribution is 2.39. The number of amides is 1. The van der Waals surface area contributed by atoms with Gasteiger partial charge >= 0.3 is 0 Å². The van der Waals surface area contributed by atoms with Gasteiger partial charge in [0.05, 0.1) is 10.3 Å². The van der Waals surface area contributed by atoms with Crippen molar-refractivity contribution in [3.05, 3.63) is 52.0 Å². The van der Waals surface area contributed by atoms with Gasteiger partial charge in [-0.3, -0.25) is 4.79 Å². The number of nitrogens with one attached hydrogen (secondary N) is 1. The number of hydrogen-bond acceptors (Lipinski definition) is 4. The Morgan fingerprint density at radius 3 is 2.89 bits per heavy atom. The quantitative estimate of drug-likeness (QED) is 0.774. The SMILES string of the molecule is CC(SCc1cc(Cl)c2c(c1)OCCO2)C(=O)Nc1ccc2c(c1)CCC2. The fraction of sp³-hybridized carbons (Fsp3) is 0.381. The first-order chi connectivity index (χ1) is 13.1. The Balaban J connectivity index is 1.35. The fourth-order valence-electron chi connectivity index (χ4n) is 3.44. The van der Waals surface area contributed by atoms with Crippen LogP contribution in [0.2, 0.25) is 5.02 Å². The Hall–Kier alpha value is -1.85. The summed E-state index contributed by atoms with van der Waals surface area (Å²) in [7, 11) is 0. The van der Waals surface area contributed by atoms with Crippen molar-refractivity contribution in [3.8, 4) is 11.5 Å². The molecule has 1 atom stereocenters. The summed E-state index contributed by atoms with van der Waals surface area (Å²) >= 11 is 7.86. The van der Waals surface area contributed by atoms with E-state index >= 15 is 0 Å². The van der Waals surface area contributed by atoms with Gasteiger partial charge in [-0.05, 0) is 67.1 Å². The van der Waals surface area contributed by atoms with Crippen LogP contribution in [0.25, 0.3) is 0 Å². The van der Waals surface area contributed by atoms with Crippen LogP contribution in [0.15, 0.2) is 30.3 Å². The third kappa shape index (κ3) is 4.19. The van der Waals surface area contributed by atoms with Crippen LogP contribution in [-0.4, -0.2) is 24.4 Å². The van der Waals surface area contributed by atoms with E-state index < -0.39 is 0 Å². The maximum absolute atomic E-state index is 12.5. The van der Waals surface area contributed by atoms with Gasteiger partial charge in [0.1, 0.15) is 13.2 Å². The second-order valence-corrected chi connectivity index (χ2v) is 8.62. The van der Waals surface area contributed by atoms with Crippen LogP contribution in [0.1, 0.15) is 30.0 Å². The first-order valence-electron chi connectivity index (χ1n) is 9.22. The third-order valence-corrected chi connectivity index (χ3v) is 6.39. The summed E-state index contributed by atoms with van der Waals surface area (Å²) in [5.74, 6) is 1.98. The first-order valence-corrected chi connectivity index (χ1v) is 10.6. The average molecular weight is 404 g/mol. The van der Waals surface area contributed by atoms with Crippen molar-refractivity contribution in [2.75, 3.05) is 18.5 Å². The number of anilines is 1. The van der Waals surface area contributed by atoms with Crippen LogP contribution in [0, 0.1) is 0 Å². The van der Waals surface area contributed by atoms with Gasteiger partial charge in [0.15, 0.2) is 11.5 Å². The van der Waals surface area contributed by atoms with Gasteiger partial charge in [0.2, 0.25) is 5.91 Å². The monoisotopic (exact) mass is 403 g/mol. The highest BCUT2D eigenvalue weighted by atomic mass is 35.5. The third-order valence-electron chi connectivity index (χ3n) is 4.89. The lowest BCUT2D eigenvalue weighted by Gasteiger charge is -2.20. The molecular weight excluding hydrogens is 382 g/mol. The van der Waals surface area contributed by atoms with Gasteiger partial charge in [-0.15, -0.1) is 11.8 Å². The lowest BCUT2D eigenvalue weighted by atomic mass is 10.1. The Bertz CT molecular complexity index is 871. The molecule has 1 aliphatic heterocycles. The Morgan fingerprint density at radius 2 is 2.00 bits per heavy atom. The molecule has 0 saturated carbocycles. The van der Waals surface area contributed by atoms with E-state index in [1.165, 1.54) is 17.5 Å². The van der Waals surface area contributed by atoms with Crippen molar-refractivity contribution >= 4 is 35.0 Å². The van der Waals surface area contributed by atoms with E-state index in [1.54, 1.807) is 11.8 Å². The second kappa shape index (κ2) is 8.03. The topological polar surface area (TPSA) is 47.6 Å². The number of aryl methyl sites for hydroxylation is 2. The number of carbonyl (C=O) groups excluding carboxylic acids is 1. The van der Waals surface area contributed by atoms with E-state index in [-0.39, 0.29) is 11.2 Å². The molecule has 0 fully saturated rings. The van der Waals surface area contributed by atoms with E-state index in [4.69, 9.17) is 21.1 Å². The number of halogens is 1. The minimum atomic E-state index is -0.176. The molecule has 1 heterocycles. The fourth-order valence-corrected chi connectivity index (χ4v) is 4.55. The molecule has 2 aliphatic rings. The number of carbonyl (C=O) groups is 1. The number of rotatable bonds is 5. The Kier molecular flexibility index (Phi) is 5.50. The van der Waals surface area contributed by atoms with Crippen molar-refractivity contribution < 1.29 is 14.3 Å². The molecule has 0 saturated heterocycles. The predicted molar refractivity (Wildman–Crippen MR) is 110 cm³/mol. The summed E-state index contributed by atoms with van der Waals surface area (Å²) in [5, 5.41) is 3.42. The normalized spacial score (nSPS) is 15.9. The highest BCUT2D eigenvalue weighted by Gasteiger charge is 2.19. The van der Waals surface area contributed by atoms with Crippen LogP contribution in [0.3, 0.4) is 0 Å². The number of fused-ring (bicyclic) bond motifs is 2. The largest absolute Gasteiger partial charge is 0.486 e. The lowest BCUT2D eigenvalue weighted by molar-refractivity contribution is -0.115. The molecule has 6 heteroatoms. The molecule has 1 aliphatic carbocycles. The average Bonchev–Trinajstić information content (AvgIpc) is 3.14. The summed E-state index contributed by atoms with van der Waals surface area (Å²) < 4.78 is 11.2. The van der Waals surface area contributed by atoms with Crippen molar-refractivity contribution in [2.45, 2.75) is 37.2 Å².